The molecule has 3 rings (SSSR count). The zero-order valence-electron chi connectivity index (χ0n) is 17.3. The molecule has 0 saturated carbocycles. The number of carbonyl (C=O) groups is 2. The summed E-state index contributed by atoms with van der Waals surface area (Å²) in [5.74, 6) is -0.508. The number of nitrogens with zero attached hydrogens (tertiary/aromatic N) is 2. The lowest BCUT2D eigenvalue weighted by Crippen LogP contribution is -2.16. The average Bonchev–Trinajstić information content (AvgIpc) is 3.27. The smallest absolute Gasteiger partial charge is 0.341 e. The Morgan fingerprint density at radius 2 is 1.80 bits per heavy atom. The molecule has 0 saturated heterocycles. The summed E-state index contributed by atoms with van der Waals surface area (Å²) in [5.41, 5.74) is 4.50. The van der Waals surface area contributed by atoms with Gasteiger partial charge in [-0.2, -0.15) is 0 Å². The number of esters is 1. The summed E-state index contributed by atoms with van der Waals surface area (Å²) in [4.78, 5) is 25.4. The molecule has 0 bridgehead atoms. The fraction of sp³-hybridized carbons (Fsp3) is 0.300. The maximum absolute atomic E-state index is 12.4. The predicted octanol–water partition coefficient (Wildman–Crippen LogP) is 5.09. The Hall–Kier alpha value is -2.43. The Labute approximate surface area is 187 Å². The minimum Gasteiger partial charge on any atom is -0.465 e. The first-order chi connectivity index (χ1) is 14.3. The van der Waals surface area contributed by atoms with Gasteiger partial charge in [0.1, 0.15) is 5.00 Å². The van der Waals surface area contributed by atoms with Gasteiger partial charge in [0.2, 0.25) is 11.0 Å². The van der Waals surface area contributed by atoms with Gasteiger partial charge in [0.15, 0.2) is 4.34 Å². The van der Waals surface area contributed by atoms with Crippen LogP contribution in [-0.2, 0) is 9.53 Å². The van der Waals surface area contributed by atoms with Crippen molar-refractivity contribution in [2.75, 3.05) is 23.5 Å². The number of ether oxygens (including phenoxy) is 1. The topological polar surface area (TPSA) is 93.2 Å². The van der Waals surface area contributed by atoms with Gasteiger partial charge in [-0.1, -0.05) is 41.3 Å². The lowest BCUT2D eigenvalue weighted by Gasteiger charge is -2.09. The first-order valence-electron chi connectivity index (χ1n) is 9.07. The van der Waals surface area contributed by atoms with Crippen LogP contribution in [0, 0.1) is 27.7 Å². The minimum atomic E-state index is -0.453. The van der Waals surface area contributed by atoms with Crippen molar-refractivity contribution in [3.8, 4) is 0 Å². The molecule has 0 unspecified atom stereocenters. The SMILES string of the molecule is COC(=O)c1c(NC(=O)CSc2nnc(Nc3c(C)cccc3C)s2)sc(C)c1C. The molecule has 1 amide bonds. The van der Waals surface area contributed by atoms with Crippen LogP contribution in [0.15, 0.2) is 22.5 Å². The maximum Gasteiger partial charge on any atom is 0.341 e. The second kappa shape index (κ2) is 9.59. The van der Waals surface area contributed by atoms with Crippen LogP contribution in [0.2, 0.25) is 0 Å². The maximum atomic E-state index is 12.4. The molecule has 0 atom stereocenters. The number of thiophene rings is 1. The van der Waals surface area contributed by atoms with Gasteiger partial charge < -0.3 is 15.4 Å². The Balaban J connectivity index is 1.61. The highest BCUT2D eigenvalue weighted by Crippen LogP contribution is 2.34. The number of benzene rings is 1. The first kappa shape index (κ1) is 22.3. The predicted molar refractivity (Wildman–Crippen MR) is 124 cm³/mol. The number of rotatable bonds is 7. The van der Waals surface area contributed by atoms with Crippen molar-refractivity contribution in [1.82, 2.24) is 10.2 Å². The number of aromatic nitrogens is 2. The van der Waals surface area contributed by atoms with Crippen molar-refractivity contribution in [3.63, 3.8) is 0 Å². The third kappa shape index (κ3) is 5.00. The van der Waals surface area contributed by atoms with Gasteiger partial charge in [-0.25, -0.2) is 4.79 Å². The van der Waals surface area contributed by atoms with E-state index < -0.39 is 5.97 Å². The number of anilines is 3. The Bertz CT molecular complexity index is 1070. The molecule has 0 fully saturated rings. The van der Waals surface area contributed by atoms with Crippen molar-refractivity contribution in [2.45, 2.75) is 32.0 Å². The molecular formula is C20H22N4O3S3. The molecule has 0 aliphatic heterocycles. The highest BCUT2D eigenvalue weighted by Gasteiger charge is 2.21. The molecule has 3 aromatic rings. The number of methoxy groups -OCH3 is 1. The molecule has 0 spiro atoms. The second-order valence-corrected chi connectivity index (χ2v) is 10.0. The highest BCUT2D eigenvalue weighted by atomic mass is 32.2. The summed E-state index contributed by atoms with van der Waals surface area (Å²) in [6, 6.07) is 6.08. The first-order valence-corrected chi connectivity index (χ1v) is 11.7. The quantitative estimate of drug-likeness (QED) is 0.373. The van der Waals surface area contributed by atoms with E-state index in [1.807, 2.05) is 45.9 Å². The van der Waals surface area contributed by atoms with Crippen LogP contribution in [-0.4, -0.2) is 34.9 Å². The van der Waals surface area contributed by atoms with Crippen LogP contribution in [0.4, 0.5) is 15.8 Å². The third-order valence-electron chi connectivity index (χ3n) is 4.47. The average molecular weight is 463 g/mol. The Kier molecular flexibility index (Phi) is 7.11. The van der Waals surface area contributed by atoms with Gasteiger partial charge in [0.05, 0.1) is 18.4 Å². The van der Waals surface area contributed by atoms with Gasteiger partial charge in [-0.05, 0) is 44.4 Å². The number of nitrogens with one attached hydrogen (secondary N) is 2. The molecule has 0 aliphatic carbocycles. The number of aryl methyl sites for hydroxylation is 3. The zero-order chi connectivity index (χ0) is 21.8. The highest BCUT2D eigenvalue weighted by molar-refractivity contribution is 8.01. The van der Waals surface area contributed by atoms with Crippen LogP contribution >= 0.6 is 34.4 Å². The van der Waals surface area contributed by atoms with Crippen molar-refractivity contribution in [2.24, 2.45) is 0 Å². The van der Waals surface area contributed by atoms with E-state index in [2.05, 4.69) is 20.8 Å². The van der Waals surface area contributed by atoms with Crippen LogP contribution in [0.3, 0.4) is 0 Å². The number of para-hydroxylation sites is 1. The number of carbonyl (C=O) groups excluding carboxylic acids is 2. The fourth-order valence-electron chi connectivity index (χ4n) is 2.79. The van der Waals surface area contributed by atoms with Crippen LogP contribution < -0.4 is 10.6 Å². The number of hydrogen-bond acceptors (Lipinski definition) is 9. The third-order valence-corrected chi connectivity index (χ3v) is 7.57. The summed E-state index contributed by atoms with van der Waals surface area (Å²) in [7, 11) is 1.33. The molecular weight excluding hydrogens is 440 g/mol. The van der Waals surface area contributed by atoms with Gasteiger partial charge in [-0.3, -0.25) is 4.79 Å². The molecule has 2 N–H and O–H groups in total. The summed E-state index contributed by atoms with van der Waals surface area (Å²) in [6.07, 6.45) is 0. The van der Waals surface area contributed by atoms with Crippen molar-refractivity contribution >= 4 is 62.1 Å². The Morgan fingerprint density at radius 1 is 1.10 bits per heavy atom. The van der Waals surface area contributed by atoms with E-state index in [-0.39, 0.29) is 11.7 Å². The molecule has 30 heavy (non-hydrogen) atoms. The fourth-order valence-corrected chi connectivity index (χ4v) is 5.41. The van der Waals surface area contributed by atoms with E-state index in [9.17, 15) is 9.59 Å². The van der Waals surface area contributed by atoms with Crippen molar-refractivity contribution < 1.29 is 14.3 Å². The van der Waals surface area contributed by atoms with E-state index in [0.29, 0.717) is 20.0 Å². The van der Waals surface area contributed by atoms with Crippen molar-refractivity contribution in [3.05, 3.63) is 45.3 Å². The standard InChI is InChI=1S/C20H22N4O3S3/c1-10-7-6-8-11(2)16(10)22-19-23-24-20(30-19)28-9-14(25)21-17-15(18(26)27-5)12(3)13(4)29-17/h6-8H,9H2,1-5H3,(H,21,25)(H,22,23). The van der Waals surface area contributed by atoms with Gasteiger partial charge in [0.25, 0.3) is 0 Å². The lowest BCUT2D eigenvalue weighted by molar-refractivity contribution is -0.113. The van der Waals surface area contributed by atoms with Crippen molar-refractivity contribution in [1.29, 1.82) is 0 Å². The van der Waals surface area contributed by atoms with E-state index in [1.165, 1.54) is 41.5 Å². The van der Waals surface area contributed by atoms with E-state index in [1.54, 1.807) is 0 Å². The number of hydrogen-bond donors (Lipinski definition) is 2. The van der Waals surface area contributed by atoms with E-state index >= 15 is 0 Å². The van der Waals surface area contributed by atoms with Crippen LogP contribution in [0.5, 0.6) is 0 Å². The molecule has 2 heterocycles. The summed E-state index contributed by atoms with van der Waals surface area (Å²) in [5, 5.41) is 15.6. The minimum absolute atomic E-state index is 0.161. The molecule has 0 aliphatic rings. The molecule has 1 aromatic carbocycles. The van der Waals surface area contributed by atoms with Gasteiger partial charge >= 0.3 is 5.97 Å². The molecule has 0 radical (unpaired) electrons. The zero-order valence-corrected chi connectivity index (χ0v) is 19.7. The summed E-state index contributed by atoms with van der Waals surface area (Å²) in [6.45, 7) is 7.82. The normalized spacial score (nSPS) is 10.7. The molecule has 10 heteroatoms. The van der Waals surface area contributed by atoms with E-state index in [0.717, 1.165) is 27.3 Å². The second-order valence-electron chi connectivity index (χ2n) is 6.58. The number of thioether (sulfide) groups is 1. The molecule has 2 aromatic heterocycles. The lowest BCUT2D eigenvalue weighted by atomic mass is 10.1. The number of amides is 1. The summed E-state index contributed by atoms with van der Waals surface area (Å²) < 4.78 is 5.52. The monoisotopic (exact) mass is 462 g/mol. The Morgan fingerprint density at radius 3 is 2.47 bits per heavy atom. The van der Waals surface area contributed by atoms with E-state index in [4.69, 9.17) is 4.74 Å². The molecule has 158 valence electrons. The van der Waals surface area contributed by atoms with Gasteiger partial charge in [0, 0.05) is 10.6 Å². The summed E-state index contributed by atoms with van der Waals surface area (Å²) >= 11 is 4.05. The largest absolute Gasteiger partial charge is 0.465 e. The van der Waals surface area contributed by atoms with Gasteiger partial charge in [-0.15, -0.1) is 21.5 Å². The van der Waals surface area contributed by atoms with Crippen LogP contribution in [0.25, 0.3) is 0 Å². The van der Waals surface area contributed by atoms with Crippen LogP contribution in [0.1, 0.15) is 31.9 Å². The molecule has 7 nitrogen and oxygen atoms in total.